The maximum atomic E-state index is 13.8. The van der Waals surface area contributed by atoms with Crippen LogP contribution in [0.5, 0.6) is 11.5 Å². The number of fused-ring (bicyclic) bond motifs is 5. The van der Waals surface area contributed by atoms with Gasteiger partial charge in [0.15, 0.2) is 0 Å². The monoisotopic (exact) mass is 494 g/mol. The van der Waals surface area contributed by atoms with E-state index in [0.29, 0.717) is 28.2 Å². The molecule has 1 N–H and O–H groups in total. The number of methoxy groups -OCH3 is 1. The number of ether oxygens (including phenoxy) is 2. The smallest absolute Gasteiger partial charge is 0.339 e. The van der Waals surface area contributed by atoms with Crippen LogP contribution in [0.25, 0.3) is 21.7 Å². The van der Waals surface area contributed by atoms with Crippen molar-refractivity contribution < 1.29 is 19.4 Å². The average molecular weight is 495 g/mol. The molecule has 4 heterocycles. The molecule has 3 saturated heterocycles. The van der Waals surface area contributed by atoms with E-state index in [1.807, 2.05) is 36.4 Å². The van der Waals surface area contributed by atoms with E-state index in [-0.39, 0.29) is 11.8 Å². The number of benzene rings is 3. The Hall–Kier alpha value is -3.90. The van der Waals surface area contributed by atoms with Crippen molar-refractivity contribution in [2.45, 2.75) is 25.0 Å². The van der Waals surface area contributed by atoms with Crippen molar-refractivity contribution >= 4 is 27.6 Å². The van der Waals surface area contributed by atoms with Gasteiger partial charge in [-0.05, 0) is 73.0 Å². The number of phenolic OH excluding ortho intramolecular Hbond substituents is 1. The molecule has 7 rings (SSSR count). The second-order valence-corrected chi connectivity index (χ2v) is 10.0. The van der Waals surface area contributed by atoms with Crippen molar-refractivity contribution in [1.29, 1.82) is 0 Å². The molecule has 0 saturated carbocycles. The van der Waals surface area contributed by atoms with Crippen LogP contribution in [0.4, 0.5) is 0 Å². The molecule has 188 valence electrons. The van der Waals surface area contributed by atoms with Gasteiger partial charge in [0.25, 0.3) is 0 Å². The first-order chi connectivity index (χ1) is 18.1. The number of aromatic nitrogens is 1. The van der Waals surface area contributed by atoms with E-state index in [4.69, 9.17) is 9.47 Å². The third-order valence-electron chi connectivity index (χ3n) is 8.15. The summed E-state index contributed by atoms with van der Waals surface area (Å²) in [5.74, 6) is 1.44. The van der Waals surface area contributed by atoms with Crippen LogP contribution in [-0.2, 0) is 4.74 Å². The number of carbonyl (C=O) groups excluding carboxylic acids is 1. The summed E-state index contributed by atoms with van der Waals surface area (Å²) < 4.78 is 12.0. The average Bonchev–Trinajstić information content (AvgIpc) is 2.95. The molecule has 1 unspecified atom stereocenters. The number of phenols is 1. The molecule has 1 aromatic heterocycles. The van der Waals surface area contributed by atoms with E-state index in [1.54, 1.807) is 37.6 Å². The van der Waals surface area contributed by atoms with Gasteiger partial charge >= 0.3 is 5.97 Å². The largest absolute Gasteiger partial charge is 0.507 e. The Morgan fingerprint density at radius 2 is 1.97 bits per heavy atom. The fourth-order valence-electron chi connectivity index (χ4n) is 6.21. The van der Waals surface area contributed by atoms with Crippen molar-refractivity contribution in [3.05, 3.63) is 90.6 Å². The molecule has 4 aromatic rings. The van der Waals surface area contributed by atoms with Crippen LogP contribution in [-0.4, -0.2) is 47.2 Å². The predicted octanol–water partition coefficient (Wildman–Crippen LogP) is 5.90. The van der Waals surface area contributed by atoms with Gasteiger partial charge in [-0.1, -0.05) is 30.3 Å². The minimum Gasteiger partial charge on any atom is -0.507 e. The normalized spacial score (nSPS) is 23.6. The van der Waals surface area contributed by atoms with Gasteiger partial charge in [-0.15, -0.1) is 6.58 Å². The molecule has 3 aliphatic heterocycles. The van der Waals surface area contributed by atoms with Crippen LogP contribution < -0.4 is 4.74 Å². The lowest BCUT2D eigenvalue weighted by molar-refractivity contribution is -0.0567. The number of nitrogens with zero attached hydrogens (tertiary/aromatic N) is 2. The summed E-state index contributed by atoms with van der Waals surface area (Å²) in [7, 11) is 1.64. The number of rotatable bonds is 6. The van der Waals surface area contributed by atoms with Gasteiger partial charge in [0.2, 0.25) is 0 Å². The first kappa shape index (κ1) is 23.5. The Morgan fingerprint density at radius 3 is 2.76 bits per heavy atom. The van der Waals surface area contributed by atoms with Crippen LogP contribution >= 0.6 is 0 Å². The van der Waals surface area contributed by atoms with Gasteiger partial charge in [0.05, 0.1) is 24.2 Å². The Kier molecular flexibility index (Phi) is 6.05. The lowest BCUT2D eigenvalue weighted by atomic mass is 9.73. The maximum absolute atomic E-state index is 13.8. The van der Waals surface area contributed by atoms with Crippen molar-refractivity contribution in [2.75, 3.05) is 20.2 Å². The van der Waals surface area contributed by atoms with Gasteiger partial charge in [0.1, 0.15) is 17.6 Å². The number of esters is 1. The second kappa shape index (κ2) is 9.52. The molecule has 0 aliphatic carbocycles. The summed E-state index contributed by atoms with van der Waals surface area (Å²) in [6.45, 7) is 5.95. The minimum atomic E-state index is -0.494. The molecule has 6 heteroatoms. The molecule has 3 aromatic carbocycles. The van der Waals surface area contributed by atoms with Gasteiger partial charge in [0, 0.05) is 29.1 Å². The summed E-state index contributed by atoms with van der Waals surface area (Å²) >= 11 is 0. The summed E-state index contributed by atoms with van der Waals surface area (Å²) in [5.41, 5.74) is 2.19. The molecule has 5 atom stereocenters. The van der Waals surface area contributed by atoms with Crippen LogP contribution in [0.3, 0.4) is 0 Å². The van der Waals surface area contributed by atoms with Crippen molar-refractivity contribution in [1.82, 2.24) is 9.88 Å². The van der Waals surface area contributed by atoms with E-state index in [2.05, 4.69) is 22.5 Å². The predicted molar refractivity (Wildman–Crippen MR) is 144 cm³/mol. The molecule has 3 aliphatic rings. The first-order valence-electron chi connectivity index (χ1n) is 12.8. The van der Waals surface area contributed by atoms with Crippen LogP contribution in [0.15, 0.2) is 79.5 Å². The number of hydrogen-bond acceptors (Lipinski definition) is 6. The SMILES string of the molecule is C=C[C@H]1CN2CC[C@H]1C[C@@H]2[C@@H](OC(=O)c1cccc2c(O)cccc12)c1ccnc2ccc(OC)cc12. The fraction of sp³-hybridized carbons (Fsp3) is 0.290. The Bertz CT molecular complexity index is 1500. The molecular weight excluding hydrogens is 464 g/mol. The van der Waals surface area contributed by atoms with Gasteiger partial charge in [-0.25, -0.2) is 4.79 Å². The van der Waals surface area contributed by atoms with Crippen molar-refractivity contribution in [2.24, 2.45) is 11.8 Å². The first-order valence-corrected chi connectivity index (χ1v) is 12.8. The molecule has 2 bridgehead atoms. The molecule has 0 spiro atoms. The standard InChI is InChI=1S/C31H30N2O4/c1-3-19-18-33-15-13-20(19)16-28(33)30(24-12-14-32-27-11-10-21(36-2)17-26(24)27)37-31(35)25-8-4-7-23-22(25)6-5-9-29(23)34/h3-12,14,17,19-20,28,30,34H,1,13,15-16,18H2,2H3/t19-,20-,28+,30-/m0/s1. The lowest BCUT2D eigenvalue weighted by Gasteiger charge is -2.51. The molecule has 37 heavy (non-hydrogen) atoms. The zero-order chi connectivity index (χ0) is 25.5. The molecule has 0 radical (unpaired) electrons. The molecule has 3 fully saturated rings. The number of aromatic hydroxyl groups is 1. The number of piperidine rings is 3. The zero-order valence-corrected chi connectivity index (χ0v) is 20.8. The Balaban J connectivity index is 1.45. The van der Waals surface area contributed by atoms with Gasteiger partial charge < -0.3 is 14.6 Å². The highest BCUT2D eigenvalue weighted by molar-refractivity contribution is 6.06. The fourth-order valence-corrected chi connectivity index (χ4v) is 6.21. The Morgan fingerprint density at radius 1 is 1.14 bits per heavy atom. The zero-order valence-electron chi connectivity index (χ0n) is 20.8. The minimum absolute atomic E-state index is 0.0408. The quantitative estimate of drug-likeness (QED) is 0.266. The lowest BCUT2D eigenvalue weighted by Crippen LogP contribution is -2.55. The van der Waals surface area contributed by atoms with Crippen LogP contribution in [0.1, 0.15) is 34.9 Å². The third-order valence-corrected chi connectivity index (χ3v) is 8.15. The van der Waals surface area contributed by atoms with E-state index in [0.717, 1.165) is 48.1 Å². The number of carbonyl (C=O) groups is 1. The topological polar surface area (TPSA) is 71.9 Å². The van der Waals surface area contributed by atoms with Crippen LogP contribution in [0, 0.1) is 11.8 Å². The van der Waals surface area contributed by atoms with Crippen LogP contribution in [0.2, 0.25) is 0 Å². The summed E-state index contributed by atoms with van der Waals surface area (Å²) in [6.07, 6.45) is 5.42. The highest BCUT2D eigenvalue weighted by atomic mass is 16.5. The summed E-state index contributed by atoms with van der Waals surface area (Å²) in [5, 5.41) is 12.6. The van der Waals surface area contributed by atoms with E-state index in [1.165, 1.54) is 0 Å². The third kappa shape index (κ3) is 4.11. The Labute approximate surface area is 216 Å². The van der Waals surface area contributed by atoms with Crippen molar-refractivity contribution in [3.63, 3.8) is 0 Å². The van der Waals surface area contributed by atoms with Gasteiger partial charge in [-0.2, -0.15) is 0 Å². The molecular formula is C31H30N2O4. The number of pyridine rings is 1. The molecule has 0 amide bonds. The van der Waals surface area contributed by atoms with E-state index < -0.39 is 12.1 Å². The van der Waals surface area contributed by atoms with Gasteiger partial charge in [-0.3, -0.25) is 9.88 Å². The highest BCUT2D eigenvalue weighted by Gasteiger charge is 2.44. The second-order valence-electron chi connectivity index (χ2n) is 10.0. The number of hydrogen-bond donors (Lipinski definition) is 1. The summed E-state index contributed by atoms with van der Waals surface area (Å²) in [4.78, 5) is 20.8. The highest BCUT2D eigenvalue weighted by Crippen LogP contribution is 2.44. The molecule has 6 nitrogen and oxygen atoms in total. The summed E-state index contributed by atoms with van der Waals surface area (Å²) in [6, 6.07) is 18.4. The maximum Gasteiger partial charge on any atom is 0.339 e. The van der Waals surface area contributed by atoms with E-state index >= 15 is 0 Å². The van der Waals surface area contributed by atoms with E-state index in [9.17, 15) is 9.90 Å². The van der Waals surface area contributed by atoms with Crippen molar-refractivity contribution in [3.8, 4) is 11.5 Å².